The van der Waals surface area contributed by atoms with Gasteiger partial charge in [-0.05, 0) is 31.6 Å². The van der Waals surface area contributed by atoms with Crippen LogP contribution in [0.15, 0.2) is 0 Å². The Morgan fingerprint density at radius 3 is 2.79 bits per heavy atom. The minimum Gasteiger partial charge on any atom is -0.355 e. The first-order valence-electron chi connectivity index (χ1n) is 5.52. The van der Waals surface area contributed by atoms with Gasteiger partial charge in [-0.15, -0.1) is 11.8 Å². The second-order valence-electron chi connectivity index (χ2n) is 4.25. The number of carbonyl (C=O) groups excluding carboxylic acids is 1. The van der Waals surface area contributed by atoms with Crippen LogP contribution in [0.5, 0.6) is 0 Å². The monoisotopic (exact) mass is 191 g/mol. The Bertz CT molecular complexity index is 276. The summed E-state index contributed by atoms with van der Waals surface area (Å²) in [6.45, 7) is 2.54. The first-order valence-corrected chi connectivity index (χ1v) is 5.52. The van der Waals surface area contributed by atoms with Gasteiger partial charge in [0, 0.05) is 18.9 Å². The van der Waals surface area contributed by atoms with E-state index in [1.165, 1.54) is 19.3 Å². The summed E-state index contributed by atoms with van der Waals surface area (Å²) in [4.78, 5) is 11.6. The van der Waals surface area contributed by atoms with Crippen molar-refractivity contribution in [3.63, 3.8) is 0 Å². The zero-order chi connectivity index (χ0) is 9.97. The molecule has 0 aromatic heterocycles. The number of nitrogens with one attached hydrogen (secondary N) is 1. The van der Waals surface area contributed by atoms with Gasteiger partial charge in [0.25, 0.3) is 0 Å². The lowest BCUT2D eigenvalue weighted by Crippen LogP contribution is -2.27. The van der Waals surface area contributed by atoms with Gasteiger partial charge < -0.3 is 5.32 Å². The molecule has 2 aliphatic rings. The third-order valence-electron chi connectivity index (χ3n) is 3.44. The van der Waals surface area contributed by atoms with Crippen molar-refractivity contribution in [1.29, 1.82) is 0 Å². The molecule has 2 atom stereocenters. The van der Waals surface area contributed by atoms with Gasteiger partial charge in [-0.25, -0.2) is 0 Å². The molecule has 0 bridgehead atoms. The molecule has 0 aromatic carbocycles. The zero-order valence-electron chi connectivity index (χ0n) is 8.68. The number of amides is 1. The van der Waals surface area contributed by atoms with Crippen LogP contribution in [0.25, 0.3) is 0 Å². The van der Waals surface area contributed by atoms with Gasteiger partial charge in [0.2, 0.25) is 5.91 Å². The molecule has 0 spiro atoms. The van der Waals surface area contributed by atoms with Crippen LogP contribution in [0.2, 0.25) is 0 Å². The van der Waals surface area contributed by atoms with Crippen molar-refractivity contribution >= 4 is 5.91 Å². The second-order valence-corrected chi connectivity index (χ2v) is 4.25. The summed E-state index contributed by atoms with van der Waals surface area (Å²) < 4.78 is 0. The number of hydrogen-bond acceptors (Lipinski definition) is 1. The van der Waals surface area contributed by atoms with Crippen LogP contribution in [0, 0.1) is 29.6 Å². The van der Waals surface area contributed by atoms with Gasteiger partial charge in [-0.3, -0.25) is 4.79 Å². The Balaban J connectivity index is 1.67. The van der Waals surface area contributed by atoms with Crippen LogP contribution in [0.4, 0.5) is 0 Å². The van der Waals surface area contributed by atoms with Gasteiger partial charge >= 0.3 is 0 Å². The standard InChI is InChI=1S/C12H17NO/c1-2-3-4-8-13-12(14)11-9-6-5-7-10(9)11/h9-11H,4-8H2,1H3,(H,13,14). The van der Waals surface area contributed by atoms with Crippen molar-refractivity contribution < 1.29 is 4.79 Å². The Morgan fingerprint density at radius 2 is 2.14 bits per heavy atom. The molecular formula is C12H17NO. The summed E-state index contributed by atoms with van der Waals surface area (Å²) in [5.41, 5.74) is 0. The van der Waals surface area contributed by atoms with Crippen molar-refractivity contribution in [3.05, 3.63) is 0 Å². The van der Waals surface area contributed by atoms with Crippen LogP contribution in [-0.2, 0) is 4.79 Å². The average Bonchev–Trinajstić information content (AvgIpc) is 2.67. The topological polar surface area (TPSA) is 29.1 Å². The third-order valence-corrected chi connectivity index (χ3v) is 3.44. The van der Waals surface area contributed by atoms with Crippen LogP contribution in [0.3, 0.4) is 0 Å². The summed E-state index contributed by atoms with van der Waals surface area (Å²) in [6, 6.07) is 0. The highest BCUT2D eigenvalue weighted by molar-refractivity contribution is 5.82. The predicted molar refractivity (Wildman–Crippen MR) is 55.4 cm³/mol. The highest BCUT2D eigenvalue weighted by atomic mass is 16.2. The molecule has 1 N–H and O–H groups in total. The molecule has 2 fully saturated rings. The van der Waals surface area contributed by atoms with E-state index >= 15 is 0 Å². The molecule has 2 nitrogen and oxygen atoms in total. The molecule has 0 aliphatic heterocycles. The molecule has 14 heavy (non-hydrogen) atoms. The first-order chi connectivity index (χ1) is 6.84. The number of carbonyl (C=O) groups is 1. The van der Waals surface area contributed by atoms with Gasteiger partial charge in [0.15, 0.2) is 0 Å². The van der Waals surface area contributed by atoms with Crippen molar-refractivity contribution in [2.75, 3.05) is 6.54 Å². The molecule has 2 rings (SSSR count). The van der Waals surface area contributed by atoms with Crippen LogP contribution >= 0.6 is 0 Å². The predicted octanol–water partition coefficient (Wildman–Crippen LogP) is 1.56. The van der Waals surface area contributed by atoms with E-state index in [9.17, 15) is 4.79 Å². The highest BCUT2D eigenvalue weighted by Crippen LogP contribution is 2.57. The summed E-state index contributed by atoms with van der Waals surface area (Å²) in [5.74, 6) is 7.87. The lowest BCUT2D eigenvalue weighted by molar-refractivity contribution is -0.123. The Hall–Kier alpha value is -0.970. The van der Waals surface area contributed by atoms with E-state index in [4.69, 9.17) is 0 Å². The van der Waals surface area contributed by atoms with E-state index in [2.05, 4.69) is 17.2 Å². The van der Waals surface area contributed by atoms with Crippen LogP contribution in [0.1, 0.15) is 32.6 Å². The molecule has 0 radical (unpaired) electrons. The first kappa shape index (κ1) is 9.58. The molecule has 1 amide bonds. The van der Waals surface area contributed by atoms with Gasteiger partial charge in [-0.1, -0.05) is 6.42 Å². The van der Waals surface area contributed by atoms with Crippen molar-refractivity contribution in [1.82, 2.24) is 5.32 Å². The molecule has 2 heteroatoms. The van der Waals surface area contributed by atoms with Crippen molar-refractivity contribution in [2.24, 2.45) is 17.8 Å². The molecule has 0 aromatic rings. The fourth-order valence-corrected chi connectivity index (χ4v) is 2.70. The maximum absolute atomic E-state index is 11.6. The van der Waals surface area contributed by atoms with Crippen LogP contribution in [-0.4, -0.2) is 12.5 Å². The normalized spacial score (nSPS) is 32.8. The quantitative estimate of drug-likeness (QED) is 0.532. The molecule has 0 saturated heterocycles. The number of fused-ring (bicyclic) bond motifs is 1. The van der Waals surface area contributed by atoms with Gasteiger partial charge in [0.05, 0.1) is 0 Å². The third kappa shape index (κ3) is 1.77. The van der Waals surface area contributed by atoms with Crippen molar-refractivity contribution in [2.45, 2.75) is 32.6 Å². The Kier molecular flexibility index (Phi) is 2.77. The fraction of sp³-hybridized carbons (Fsp3) is 0.750. The van der Waals surface area contributed by atoms with E-state index in [0.29, 0.717) is 5.92 Å². The van der Waals surface area contributed by atoms with E-state index in [1.807, 2.05) is 6.92 Å². The van der Waals surface area contributed by atoms with E-state index in [1.54, 1.807) is 0 Å². The lowest BCUT2D eigenvalue weighted by atomic mass is 10.1. The average molecular weight is 191 g/mol. The molecule has 0 heterocycles. The molecular weight excluding hydrogens is 174 g/mol. The minimum absolute atomic E-state index is 0.276. The fourth-order valence-electron chi connectivity index (χ4n) is 2.70. The summed E-state index contributed by atoms with van der Waals surface area (Å²) in [6.07, 6.45) is 4.67. The van der Waals surface area contributed by atoms with E-state index < -0.39 is 0 Å². The number of hydrogen-bond donors (Lipinski definition) is 1. The maximum atomic E-state index is 11.6. The highest BCUT2D eigenvalue weighted by Gasteiger charge is 2.56. The minimum atomic E-state index is 0.276. The summed E-state index contributed by atoms with van der Waals surface area (Å²) >= 11 is 0. The summed E-state index contributed by atoms with van der Waals surface area (Å²) in [7, 11) is 0. The Labute approximate surface area is 85.5 Å². The Morgan fingerprint density at radius 1 is 1.43 bits per heavy atom. The van der Waals surface area contributed by atoms with Gasteiger partial charge in [0.1, 0.15) is 0 Å². The van der Waals surface area contributed by atoms with Crippen molar-refractivity contribution in [3.8, 4) is 11.8 Å². The largest absolute Gasteiger partial charge is 0.355 e. The lowest BCUT2D eigenvalue weighted by Gasteiger charge is -2.03. The molecule has 2 unspecified atom stereocenters. The van der Waals surface area contributed by atoms with Crippen LogP contribution < -0.4 is 5.32 Å². The van der Waals surface area contributed by atoms with E-state index in [0.717, 1.165) is 24.8 Å². The molecule has 2 aliphatic carbocycles. The molecule has 76 valence electrons. The smallest absolute Gasteiger partial charge is 0.223 e. The summed E-state index contributed by atoms with van der Waals surface area (Å²) in [5, 5.41) is 2.97. The second kappa shape index (κ2) is 4.04. The SMILES string of the molecule is CC#CCCNC(=O)C1C2CCCC21. The maximum Gasteiger partial charge on any atom is 0.223 e. The molecule has 2 saturated carbocycles. The van der Waals surface area contributed by atoms with Gasteiger partial charge in [-0.2, -0.15) is 0 Å². The number of rotatable bonds is 3. The zero-order valence-corrected chi connectivity index (χ0v) is 8.68. The van der Waals surface area contributed by atoms with E-state index in [-0.39, 0.29) is 5.91 Å².